The van der Waals surface area contributed by atoms with Crippen LogP contribution in [0.2, 0.25) is 0 Å². The van der Waals surface area contributed by atoms with Crippen LogP contribution in [0.4, 0.5) is 0 Å². The molecule has 3 aromatic carbocycles. The molecule has 5 rings (SSSR count). The van der Waals surface area contributed by atoms with Crippen molar-refractivity contribution in [2.24, 2.45) is 0 Å². The molecule has 0 aliphatic carbocycles. The monoisotopic (exact) mass is 421 g/mol. The van der Waals surface area contributed by atoms with Crippen molar-refractivity contribution in [3.05, 3.63) is 77.4 Å². The Bertz CT molecular complexity index is 1430. The van der Waals surface area contributed by atoms with Crippen molar-refractivity contribution in [2.45, 2.75) is 59.3 Å². The van der Waals surface area contributed by atoms with Crippen molar-refractivity contribution in [3.63, 3.8) is 0 Å². The van der Waals surface area contributed by atoms with Crippen LogP contribution in [0.5, 0.6) is 0 Å². The van der Waals surface area contributed by atoms with Gasteiger partial charge in [0, 0.05) is 10.9 Å². The Kier molecular flexibility index (Phi) is 5.00. The molecular weight excluding hydrogens is 390 g/mol. The molecular formula is C29H31N3. The Labute approximate surface area is 190 Å². The molecule has 5 aromatic rings. The van der Waals surface area contributed by atoms with Crippen molar-refractivity contribution in [1.82, 2.24) is 14.4 Å². The molecule has 2 heterocycles. The van der Waals surface area contributed by atoms with Crippen LogP contribution in [0, 0.1) is 0 Å². The zero-order valence-electron chi connectivity index (χ0n) is 19.8. The first kappa shape index (κ1) is 20.7. The first-order chi connectivity index (χ1) is 15.4. The summed E-state index contributed by atoms with van der Waals surface area (Å²) in [6, 6.07) is 21.6. The second-order valence-corrected chi connectivity index (χ2v) is 9.75. The maximum absolute atomic E-state index is 5.28. The molecule has 0 aliphatic heterocycles. The van der Waals surface area contributed by atoms with Crippen molar-refractivity contribution < 1.29 is 0 Å². The van der Waals surface area contributed by atoms with Gasteiger partial charge in [0.2, 0.25) is 0 Å². The maximum Gasteiger partial charge on any atom is 0.149 e. The highest BCUT2D eigenvalue weighted by atomic mass is 15.1. The summed E-state index contributed by atoms with van der Waals surface area (Å²) in [6.07, 6.45) is 0. The average molecular weight is 422 g/mol. The van der Waals surface area contributed by atoms with E-state index in [1.165, 1.54) is 22.3 Å². The number of para-hydroxylation sites is 3. The van der Waals surface area contributed by atoms with Gasteiger partial charge in [0.1, 0.15) is 11.5 Å². The fourth-order valence-electron chi connectivity index (χ4n) is 4.73. The van der Waals surface area contributed by atoms with Crippen LogP contribution in [-0.2, 0) is 0 Å². The van der Waals surface area contributed by atoms with Crippen LogP contribution in [-0.4, -0.2) is 14.4 Å². The topological polar surface area (TPSA) is 30.2 Å². The molecule has 0 spiro atoms. The quantitative estimate of drug-likeness (QED) is 0.294. The van der Waals surface area contributed by atoms with Crippen molar-refractivity contribution >= 4 is 27.6 Å². The molecule has 0 bridgehead atoms. The number of benzene rings is 3. The zero-order valence-corrected chi connectivity index (χ0v) is 19.8. The summed E-state index contributed by atoms with van der Waals surface area (Å²) in [4.78, 5) is 10.3. The molecule has 3 nitrogen and oxygen atoms in total. The van der Waals surface area contributed by atoms with Gasteiger partial charge in [-0.1, -0.05) is 77.9 Å². The number of nitrogens with zero attached hydrogens (tertiary/aromatic N) is 3. The average Bonchev–Trinajstić information content (AvgIpc) is 3.17. The Hall–Kier alpha value is -3.20. The summed E-state index contributed by atoms with van der Waals surface area (Å²) in [5.74, 6) is 2.26. The lowest BCUT2D eigenvalue weighted by Gasteiger charge is -2.23. The molecule has 3 heteroatoms. The highest BCUT2D eigenvalue weighted by molar-refractivity contribution is 5.98. The van der Waals surface area contributed by atoms with Gasteiger partial charge >= 0.3 is 0 Å². The third-order valence-electron chi connectivity index (χ3n) is 6.50. The maximum atomic E-state index is 5.28. The van der Waals surface area contributed by atoms with Gasteiger partial charge in [-0.2, -0.15) is 0 Å². The molecule has 0 N–H and O–H groups in total. The van der Waals surface area contributed by atoms with Gasteiger partial charge in [0.05, 0.1) is 16.6 Å². The molecule has 0 atom stereocenters. The lowest BCUT2D eigenvalue weighted by molar-refractivity contribution is 0.804. The van der Waals surface area contributed by atoms with Crippen LogP contribution in [0.3, 0.4) is 0 Å². The number of rotatable bonds is 4. The largest absolute Gasteiger partial charge is 0.276 e. The molecule has 0 unspecified atom stereocenters. The highest BCUT2D eigenvalue weighted by Crippen LogP contribution is 2.40. The van der Waals surface area contributed by atoms with Crippen LogP contribution >= 0.6 is 0 Å². The van der Waals surface area contributed by atoms with Gasteiger partial charge in [0.25, 0.3) is 0 Å². The summed E-state index contributed by atoms with van der Waals surface area (Å²) in [6.45, 7) is 13.7. The Morgan fingerprint density at radius 1 is 0.656 bits per heavy atom. The Morgan fingerprint density at radius 3 is 1.88 bits per heavy atom. The van der Waals surface area contributed by atoms with Crippen LogP contribution in [0.1, 0.15) is 76.0 Å². The minimum absolute atomic E-state index is 0.388. The van der Waals surface area contributed by atoms with Crippen LogP contribution in [0.15, 0.2) is 60.7 Å². The van der Waals surface area contributed by atoms with Gasteiger partial charge < -0.3 is 0 Å². The molecule has 0 amide bonds. The SMILES string of the molecule is CC(C)c1cc(C(C)C)c(-c2nc3ccccc3c3nc4ccccc4n23)c(C(C)C)c1. The first-order valence-corrected chi connectivity index (χ1v) is 11.7. The van der Waals surface area contributed by atoms with Crippen molar-refractivity contribution in [2.75, 3.05) is 0 Å². The fourth-order valence-corrected chi connectivity index (χ4v) is 4.73. The van der Waals surface area contributed by atoms with E-state index in [2.05, 4.69) is 107 Å². The van der Waals surface area contributed by atoms with Gasteiger partial charge in [0.15, 0.2) is 0 Å². The predicted octanol–water partition coefficient (Wildman–Crippen LogP) is 8.07. The van der Waals surface area contributed by atoms with E-state index >= 15 is 0 Å². The standard InChI is InChI=1S/C29H31N3/c1-17(2)20-15-22(18(3)4)27(23(16-20)19(5)6)29-30-24-12-8-7-11-21(24)28-31-25-13-9-10-14-26(25)32(28)29/h7-19H,1-6H3. The van der Waals surface area contributed by atoms with Crippen molar-refractivity contribution in [1.29, 1.82) is 0 Å². The van der Waals surface area contributed by atoms with Gasteiger partial charge in [-0.15, -0.1) is 0 Å². The molecule has 0 aliphatic rings. The summed E-state index contributed by atoms with van der Waals surface area (Å²) in [7, 11) is 0. The number of imidazole rings is 1. The highest BCUT2D eigenvalue weighted by Gasteiger charge is 2.23. The van der Waals surface area contributed by atoms with E-state index in [4.69, 9.17) is 9.97 Å². The second-order valence-electron chi connectivity index (χ2n) is 9.75. The predicted molar refractivity (Wildman–Crippen MR) is 136 cm³/mol. The number of fused-ring (bicyclic) bond motifs is 5. The smallest absolute Gasteiger partial charge is 0.149 e. The van der Waals surface area contributed by atoms with E-state index in [-0.39, 0.29) is 0 Å². The third kappa shape index (κ3) is 3.19. The lowest BCUT2D eigenvalue weighted by atomic mass is 9.84. The van der Waals surface area contributed by atoms with E-state index in [1.54, 1.807) is 0 Å². The Morgan fingerprint density at radius 2 is 1.25 bits per heavy atom. The van der Waals surface area contributed by atoms with Crippen molar-refractivity contribution in [3.8, 4) is 11.4 Å². The molecule has 0 radical (unpaired) electrons. The van der Waals surface area contributed by atoms with Gasteiger partial charge in [-0.25, -0.2) is 9.97 Å². The lowest BCUT2D eigenvalue weighted by Crippen LogP contribution is -2.08. The van der Waals surface area contributed by atoms with Crippen LogP contribution < -0.4 is 0 Å². The van der Waals surface area contributed by atoms with E-state index in [9.17, 15) is 0 Å². The van der Waals surface area contributed by atoms with Gasteiger partial charge in [-0.05, 0) is 58.7 Å². The minimum atomic E-state index is 0.388. The summed E-state index contributed by atoms with van der Waals surface area (Å²) < 4.78 is 2.28. The summed E-state index contributed by atoms with van der Waals surface area (Å²) in [5.41, 5.74) is 9.46. The molecule has 0 fully saturated rings. The van der Waals surface area contributed by atoms with E-state index < -0.39 is 0 Å². The zero-order chi connectivity index (χ0) is 22.6. The first-order valence-electron chi connectivity index (χ1n) is 11.7. The van der Waals surface area contributed by atoms with E-state index in [0.717, 1.165) is 33.4 Å². The minimum Gasteiger partial charge on any atom is -0.276 e. The molecule has 32 heavy (non-hydrogen) atoms. The molecule has 0 saturated carbocycles. The normalized spacial score (nSPS) is 12.3. The Balaban J connectivity index is 2.01. The summed E-state index contributed by atoms with van der Waals surface area (Å²) in [5, 5.41) is 1.09. The van der Waals surface area contributed by atoms with E-state index in [0.29, 0.717) is 17.8 Å². The molecule has 2 aromatic heterocycles. The van der Waals surface area contributed by atoms with E-state index in [1.807, 2.05) is 0 Å². The number of hydrogen-bond acceptors (Lipinski definition) is 2. The second kappa shape index (κ2) is 7.74. The van der Waals surface area contributed by atoms with Crippen LogP contribution in [0.25, 0.3) is 39.0 Å². The molecule has 162 valence electrons. The summed E-state index contributed by atoms with van der Waals surface area (Å²) >= 11 is 0. The number of aromatic nitrogens is 3. The van der Waals surface area contributed by atoms with Gasteiger partial charge in [-0.3, -0.25) is 4.40 Å². The third-order valence-corrected chi connectivity index (χ3v) is 6.50. The fraction of sp³-hybridized carbons (Fsp3) is 0.310. The molecule has 0 saturated heterocycles. The number of hydrogen-bond donors (Lipinski definition) is 0.